The number of nitrogens with one attached hydrogen (secondary N) is 1. The lowest BCUT2D eigenvalue weighted by Crippen LogP contribution is -2.63. The normalized spacial score (nSPS) is 39.8. The predicted molar refractivity (Wildman–Crippen MR) is 78.4 cm³/mol. The summed E-state index contributed by atoms with van der Waals surface area (Å²) in [5.41, 5.74) is 0.489. The van der Waals surface area contributed by atoms with Crippen molar-refractivity contribution >= 4 is 0 Å². The van der Waals surface area contributed by atoms with Crippen molar-refractivity contribution in [2.24, 2.45) is 0 Å². The van der Waals surface area contributed by atoms with Crippen molar-refractivity contribution in [1.82, 2.24) is 15.1 Å². The first-order valence-electron chi connectivity index (χ1n) is 8.60. The van der Waals surface area contributed by atoms with Crippen LogP contribution in [0.15, 0.2) is 0 Å². The molecule has 4 aliphatic rings. The molecule has 0 bridgehead atoms. The average molecular weight is 263 g/mol. The standard InChI is InChI=1S/C16H29N3/c1-2-7-16(8-3-1)13-19(12-9-17-16)15-6-11-18-10-4-5-14(15)18/h14-15,17H,1-13H2. The van der Waals surface area contributed by atoms with Crippen LogP contribution in [0.1, 0.15) is 51.4 Å². The van der Waals surface area contributed by atoms with Crippen molar-refractivity contribution in [2.75, 3.05) is 32.7 Å². The number of hydrogen-bond acceptors (Lipinski definition) is 3. The minimum Gasteiger partial charge on any atom is -0.309 e. The second-order valence-electron chi connectivity index (χ2n) is 7.34. The monoisotopic (exact) mass is 263 g/mol. The van der Waals surface area contributed by atoms with Gasteiger partial charge in [0.25, 0.3) is 0 Å². The van der Waals surface area contributed by atoms with Gasteiger partial charge in [-0.1, -0.05) is 19.3 Å². The van der Waals surface area contributed by atoms with Crippen molar-refractivity contribution in [1.29, 1.82) is 0 Å². The molecule has 1 N–H and O–H groups in total. The minimum absolute atomic E-state index is 0.489. The third-order valence-electron chi connectivity index (χ3n) is 6.25. The highest BCUT2D eigenvalue weighted by molar-refractivity contribution is 5.03. The van der Waals surface area contributed by atoms with Gasteiger partial charge in [0.2, 0.25) is 0 Å². The molecular weight excluding hydrogens is 234 g/mol. The third kappa shape index (κ3) is 2.24. The summed E-state index contributed by atoms with van der Waals surface area (Å²) < 4.78 is 0. The van der Waals surface area contributed by atoms with Crippen molar-refractivity contribution in [3.8, 4) is 0 Å². The van der Waals surface area contributed by atoms with Gasteiger partial charge in [-0.25, -0.2) is 0 Å². The largest absolute Gasteiger partial charge is 0.309 e. The van der Waals surface area contributed by atoms with Gasteiger partial charge in [-0.3, -0.25) is 9.80 Å². The van der Waals surface area contributed by atoms with Crippen LogP contribution in [-0.2, 0) is 0 Å². The van der Waals surface area contributed by atoms with Crippen LogP contribution in [0.25, 0.3) is 0 Å². The predicted octanol–water partition coefficient (Wildman–Crippen LogP) is 1.83. The molecule has 2 atom stereocenters. The molecule has 19 heavy (non-hydrogen) atoms. The average Bonchev–Trinajstić information content (AvgIpc) is 3.02. The third-order valence-corrected chi connectivity index (χ3v) is 6.25. The Balaban J connectivity index is 1.46. The number of hydrogen-bond donors (Lipinski definition) is 1. The quantitative estimate of drug-likeness (QED) is 0.779. The van der Waals surface area contributed by atoms with Crippen LogP contribution in [0.4, 0.5) is 0 Å². The van der Waals surface area contributed by atoms with E-state index in [1.54, 1.807) is 0 Å². The van der Waals surface area contributed by atoms with E-state index in [1.807, 2.05) is 0 Å². The first-order valence-corrected chi connectivity index (χ1v) is 8.60. The SMILES string of the molecule is C1CCC2(CC1)CN(C1CCN3CCCC13)CCN2. The summed E-state index contributed by atoms with van der Waals surface area (Å²) in [6, 6.07) is 1.78. The highest BCUT2D eigenvalue weighted by Crippen LogP contribution is 2.36. The lowest BCUT2D eigenvalue weighted by molar-refractivity contribution is 0.0575. The Bertz CT molecular complexity index is 318. The fourth-order valence-electron chi connectivity index (χ4n) is 5.32. The molecule has 3 heteroatoms. The zero-order valence-corrected chi connectivity index (χ0v) is 12.2. The second-order valence-corrected chi connectivity index (χ2v) is 7.34. The summed E-state index contributed by atoms with van der Waals surface area (Å²) in [6.07, 6.45) is 11.5. The number of nitrogens with zero attached hydrogens (tertiary/aromatic N) is 2. The van der Waals surface area contributed by atoms with E-state index >= 15 is 0 Å². The molecule has 3 aliphatic heterocycles. The molecule has 3 saturated heterocycles. The number of fused-ring (bicyclic) bond motifs is 1. The van der Waals surface area contributed by atoms with Crippen molar-refractivity contribution in [2.45, 2.75) is 69.0 Å². The van der Waals surface area contributed by atoms with E-state index in [9.17, 15) is 0 Å². The lowest BCUT2D eigenvalue weighted by Gasteiger charge is -2.48. The van der Waals surface area contributed by atoms with Gasteiger partial charge in [0.15, 0.2) is 0 Å². The number of rotatable bonds is 1. The summed E-state index contributed by atoms with van der Waals surface area (Å²) in [6.45, 7) is 6.59. The minimum atomic E-state index is 0.489. The molecule has 4 rings (SSSR count). The van der Waals surface area contributed by atoms with Gasteiger partial charge in [0.05, 0.1) is 0 Å². The topological polar surface area (TPSA) is 18.5 Å². The molecule has 3 heterocycles. The summed E-state index contributed by atoms with van der Waals surface area (Å²) in [7, 11) is 0. The Hall–Kier alpha value is -0.120. The Morgan fingerprint density at radius 3 is 2.53 bits per heavy atom. The van der Waals surface area contributed by atoms with Gasteiger partial charge in [0, 0.05) is 43.8 Å². The van der Waals surface area contributed by atoms with Crippen LogP contribution in [0.3, 0.4) is 0 Å². The fourth-order valence-corrected chi connectivity index (χ4v) is 5.32. The van der Waals surface area contributed by atoms with Gasteiger partial charge >= 0.3 is 0 Å². The van der Waals surface area contributed by atoms with E-state index in [0.29, 0.717) is 5.54 Å². The van der Waals surface area contributed by atoms with Gasteiger partial charge < -0.3 is 5.32 Å². The van der Waals surface area contributed by atoms with Crippen LogP contribution in [0.5, 0.6) is 0 Å². The van der Waals surface area contributed by atoms with E-state index in [2.05, 4.69) is 15.1 Å². The molecule has 3 nitrogen and oxygen atoms in total. The molecule has 1 spiro atoms. The smallest absolute Gasteiger partial charge is 0.0309 e. The maximum absolute atomic E-state index is 3.89. The molecular formula is C16H29N3. The van der Waals surface area contributed by atoms with Crippen molar-refractivity contribution in [3.05, 3.63) is 0 Å². The molecule has 1 saturated carbocycles. The molecule has 2 unspecified atom stereocenters. The lowest BCUT2D eigenvalue weighted by atomic mass is 9.79. The van der Waals surface area contributed by atoms with Gasteiger partial charge in [-0.05, 0) is 38.6 Å². The Morgan fingerprint density at radius 1 is 0.789 bits per heavy atom. The van der Waals surface area contributed by atoms with Crippen LogP contribution >= 0.6 is 0 Å². The maximum Gasteiger partial charge on any atom is 0.0309 e. The summed E-state index contributed by atoms with van der Waals surface area (Å²) in [5, 5.41) is 3.89. The Labute approximate surface area is 117 Å². The highest BCUT2D eigenvalue weighted by atomic mass is 15.3. The van der Waals surface area contributed by atoms with Crippen LogP contribution in [0, 0.1) is 0 Å². The first kappa shape index (κ1) is 12.6. The van der Waals surface area contributed by atoms with Crippen LogP contribution in [-0.4, -0.2) is 60.1 Å². The molecule has 108 valence electrons. The van der Waals surface area contributed by atoms with Crippen molar-refractivity contribution in [3.63, 3.8) is 0 Å². The molecule has 4 fully saturated rings. The van der Waals surface area contributed by atoms with Gasteiger partial charge in [-0.15, -0.1) is 0 Å². The van der Waals surface area contributed by atoms with Crippen LogP contribution < -0.4 is 5.32 Å². The summed E-state index contributed by atoms with van der Waals surface area (Å²) in [4.78, 5) is 5.64. The van der Waals surface area contributed by atoms with E-state index in [4.69, 9.17) is 0 Å². The molecule has 0 aromatic carbocycles. The fraction of sp³-hybridized carbons (Fsp3) is 1.00. The molecule has 0 amide bonds. The van der Waals surface area contributed by atoms with Gasteiger partial charge in [-0.2, -0.15) is 0 Å². The van der Waals surface area contributed by atoms with Gasteiger partial charge in [0.1, 0.15) is 0 Å². The van der Waals surface area contributed by atoms with E-state index in [0.717, 1.165) is 12.1 Å². The molecule has 1 aliphatic carbocycles. The molecule has 0 radical (unpaired) electrons. The summed E-state index contributed by atoms with van der Waals surface area (Å²) in [5.74, 6) is 0. The van der Waals surface area contributed by atoms with E-state index in [-0.39, 0.29) is 0 Å². The highest BCUT2D eigenvalue weighted by Gasteiger charge is 2.44. The number of piperazine rings is 1. The van der Waals surface area contributed by atoms with Crippen LogP contribution in [0.2, 0.25) is 0 Å². The van der Waals surface area contributed by atoms with E-state index < -0.39 is 0 Å². The Kier molecular flexibility index (Phi) is 3.33. The molecule has 0 aromatic heterocycles. The second kappa shape index (κ2) is 5.01. The zero-order chi connectivity index (χ0) is 12.7. The molecule has 0 aromatic rings. The Morgan fingerprint density at radius 2 is 1.63 bits per heavy atom. The zero-order valence-electron chi connectivity index (χ0n) is 12.2. The first-order chi connectivity index (χ1) is 9.36. The summed E-state index contributed by atoms with van der Waals surface area (Å²) >= 11 is 0. The maximum atomic E-state index is 3.89. The van der Waals surface area contributed by atoms with E-state index in [1.165, 1.54) is 84.1 Å². The van der Waals surface area contributed by atoms with Crippen molar-refractivity contribution < 1.29 is 0 Å².